The molecule has 292 valence electrons. The standard InChI is InChI=1S/C48H49N3O6/c1-33(46(53)38-11-5-3-6-12-38)51(2)31-44-29-45(37-18-16-34(32-52)17-19-37)57-47(56-44)39-22-20-36(21-23-39)40-13-9-10-35(28-40)30-49-48(54)50-41-24-26-43(27-25-41)55-42-14-7-4-8-15-42/h3-28,33,44-47,52-53H,29-32H2,1-2H3,(H2,49,50,54)/t33-,44+,45-,46-,47-/m1/s1. The number of hydrogen-bond donors (Lipinski definition) is 4. The number of carbonyl (C=O) groups is 1. The van der Waals surface area contributed by atoms with Gasteiger partial charge >= 0.3 is 6.03 Å². The van der Waals surface area contributed by atoms with E-state index in [-0.39, 0.29) is 30.9 Å². The van der Waals surface area contributed by atoms with E-state index in [2.05, 4.69) is 33.7 Å². The van der Waals surface area contributed by atoms with Gasteiger partial charge in [0.05, 0.1) is 24.9 Å². The second-order valence-electron chi connectivity index (χ2n) is 14.5. The average Bonchev–Trinajstić information content (AvgIpc) is 3.26. The van der Waals surface area contributed by atoms with Crippen LogP contribution in [-0.2, 0) is 22.6 Å². The van der Waals surface area contributed by atoms with E-state index in [4.69, 9.17) is 14.2 Å². The highest BCUT2D eigenvalue weighted by molar-refractivity contribution is 5.89. The summed E-state index contributed by atoms with van der Waals surface area (Å²) in [5, 5.41) is 26.6. The number of aliphatic hydroxyl groups excluding tert-OH is 2. The second kappa shape index (κ2) is 18.9. The molecule has 4 N–H and O–H groups in total. The molecule has 1 saturated heterocycles. The minimum atomic E-state index is -0.641. The highest BCUT2D eigenvalue weighted by Crippen LogP contribution is 2.39. The number of rotatable bonds is 14. The van der Waals surface area contributed by atoms with Crippen molar-refractivity contribution in [2.75, 3.05) is 18.9 Å². The minimum Gasteiger partial charge on any atom is -0.457 e. The zero-order valence-corrected chi connectivity index (χ0v) is 32.2. The lowest BCUT2D eigenvalue weighted by molar-refractivity contribution is -0.253. The lowest BCUT2D eigenvalue weighted by Crippen LogP contribution is -2.43. The van der Waals surface area contributed by atoms with Crippen molar-refractivity contribution in [3.8, 4) is 22.6 Å². The summed E-state index contributed by atoms with van der Waals surface area (Å²) in [4.78, 5) is 14.9. The molecular formula is C48H49N3O6. The highest BCUT2D eigenvalue weighted by atomic mass is 16.7. The first-order valence-electron chi connectivity index (χ1n) is 19.3. The molecule has 0 unspecified atom stereocenters. The lowest BCUT2D eigenvalue weighted by Gasteiger charge is -2.39. The first-order valence-corrected chi connectivity index (χ1v) is 19.3. The third-order valence-electron chi connectivity index (χ3n) is 10.4. The van der Waals surface area contributed by atoms with Crippen LogP contribution < -0.4 is 15.4 Å². The van der Waals surface area contributed by atoms with Crippen LogP contribution in [-0.4, -0.2) is 46.9 Å². The van der Waals surface area contributed by atoms with Gasteiger partial charge in [-0.3, -0.25) is 4.90 Å². The molecule has 6 aromatic rings. The molecule has 0 aliphatic carbocycles. The van der Waals surface area contributed by atoms with E-state index in [0.717, 1.165) is 44.7 Å². The molecule has 57 heavy (non-hydrogen) atoms. The fraction of sp³-hybridized carbons (Fsp3) is 0.229. The number of amides is 2. The zero-order valence-electron chi connectivity index (χ0n) is 32.2. The Balaban J connectivity index is 0.982. The maximum Gasteiger partial charge on any atom is 0.319 e. The molecule has 1 fully saturated rings. The molecule has 9 nitrogen and oxygen atoms in total. The van der Waals surface area contributed by atoms with Crippen LogP contribution in [0.5, 0.6) is 11.5 Å². The number of anilines is 1. The van der Waals surface area contributed by atoms with E-state index in [9.17, 15) is 15.0 Å². The summed E-state index contributed by atoms with van der Waals surface area (Å²) in [7, 11) is 2.02. The van der Waals surface area contributed by atoms with Gasteiger partial charge in [-0.25, -0.2) is 4.79 Å². The number of carbonyl (C=O) groups excluding carboxylic acids is 1. The summed E-state index contributed by atoms with van der Waals surface area (Å²) in [5.74, 6) is 1.43. The Bertz CT molecular complexity index is 2170. The molecule has 5 atom stereocenters. The third kappa shape index (κ3) is 10.5. The highest BCUT2D eigenvalue weighted by Gasteiger charge is 2.34. The topological polar surface area (TPSA) is 113 Å². The zero-order chi connectivity index (χ0) is 39.6. The van der Waals surface area contributed by atoms with Gasteiger partial charge in [0, 0.05) is 36.8 Å². The van der Waals surface area contributed by atoms with Crippen LogP contribution in [0, 0.1) is 0 Å². The number of urea groups is 1. The van der Waals surface area contributed by atoms with Gasteiger partial charge in [-0.2, -0.15) is 0 Å². The monoisotopic (exact) mass is 763 g/mol. The van der Waals surface area contributed by atoms with Crippen LogP contribution in [0.2, 0.25) is 0 Å². The Morgan fingerprint density at radius 2 is 1.42 bits per heavy atom. The second-order valence-corrected chi connectivity index (χ2v) is 14.5. The first kappa shape index (κ1) is 39.4. The van der Waals surface area contributed by atoms with Gasteiger partial charge in [0.2, 0.25) is 0 Å². The number of nitrogens with one attached hydrogen (secondary N) is 2. The van der Waals surface area contributed by atoms with Crippen molar-refractivity contribution in [1.82, 2.24) is 10.2 Å². The Kier molecular flexibility index (Phi) is 13.1. The van der Waals surface area contributed by atoms with Crippen LogP contribution in [0.4, 0.5) is 10.5 Å². The largest absolute Gasteiger partial charge is 0.457 e. The number of aliphatic hydroxyl groups is 2. The normalized spacial score (nSPS) is 17.7. The quantitative estimate of drug-likeness (QED) is 0.0875. The Hall–Kier alpha value is -5.81. The SMILES string of the molecule is C[C@H]([C@@H](O)c1ccccc1)N(C)C[C@@H]1C[C@H](c2ccc(CO)cc2)O[C@H](c2ccc(-c3cccc(CNC(=O)Nc4ccc(Oc5ccccc5)cc4)c3)cc2)O1. The lowest BCUT2D eigenvalue weighted by atomic mass is 9.98. The number of likely N-dealkylation sites (N-methyl/N-ethyl adjacent to an activating group) is 1. The van der Waals surface area contributed by atoms with E-state index < -0.39 is 12.4 Å². The fourth-order valence-electron chi connectivity index (χ4n) is 6.97. The molecule has 6 aromatic carbocycles. The molecule has 9 heteroatoms. The van der Waals surface area contributed by atoms with Crippen molar-refractivity contribution < 1.29 is 29.2 Å². The van der Waals surface area contributed by atoms with E-state index >= 15 is 0 Å². The smallest absolute Gasteiger partial charge is 0.319 e. The molecule has 0 radical (unpaired) electrons. The molecule has 7 rings (SSSR count). The van der Waals surface area contributed by atoms with Crippen molar-refractivity contribution in [1.29, 1.82) is 0 Å². The molecule has 1 heterocycles. The van der Waals surface area contributed by atoms with Crippen LogP contribution in [0.25, 0.3) is 11.1 Å². The van der Waals surface area contributed by atoms with E-state index in [1.54, 1.807) is 12.1 Å². The number of benzene rings is 6. The average molecular weight is 764 g/mol. The van der Waals surface area contributed by atoms with Crippen molar-refractivity contribution in [3.63, 3.8) is 0 Å². The summed E-state index contributed by atoms with van der Waals surface area (Å²) < 4.78 is 19.1. The minimum absolute atomic E-state index is 0.0186. The Morgan fingerprint density at radius 3 is 2.12 bits per heavy atom. The Morgan fingerprint density at radius 1 is 0.754 bits per heavy atom. The maximum absolute atomic E-state index is 12.7. The number of para-hydroxylation sites is 1. The van der Waals surface area contributed by atoms with E-state index in [1.807, 2.05) is 141 Å². The van der Waals surface area contributed by atoms with Gasteiger partial charge in [0.15, 0.2) is 6.29 Å². The number of nitrogens with zero attached hydrogens (tertiary/aromatic N) is 1. The molecule has 2 amide bonds. The van der Waals surface area contributed by atoms with Gasteiger partial charge in [-0.05, 0) is 89.8 Å². The number of ether oxygens (including phenoxy) is 3. The molecule has 0 aromatic heterocycles. The van der Waals surface area contributed by atoms with Crippen molar-refractivity contribution >= 4 is 11.7 Å². The van der Waals surface area contributed by atoms with Gasteiger partial charge < -0.3 is 35.1 Å². The maximum atomic E-state index is 12.7. The van der Waals surface area contributed by atoms with Crippen molar-refractivity contribution in [3.05, 3.63) is 186 Å². The molecular weight excluding hydrogens is 715 g/mol. The van der Waals surface area contributed by atoms with Gasteiger partial charge in [-0.15, -0.1) is 0 Å². The predicted molar refractivity (Wildman–Crippen MR) is 223 cm³/mol. The van der Waals surface area contributed by atoms with Crippen molar-refractivity contribution in [2.24, 2.45) is 0 Å². The van der Waals surface area contributed by atoms with Gasteiger partial charge in [0.25, 0.3) is 0 Å². The van der Waals surface area contributed by atoms with Crippen LogP contribution in [0.3, 0.4) is 0 Å². The van der Waals surface area contributed by atoms with Crippen LogP contribution >= 0.6 is 0 Å². The molecule has 0 saturated carbocycles. The molecule has 0 bridgehead atoms. The predicted octanol–water partition coefficient (Wildman–Crippen LogP) is 9.56. The van der Waals surface area contributed by atoms with Crippen molar-refractivity contribution in [2.45, 2.75) is 57.1 Å². The van der Waals surface area contributed by atoms with Gasteiger partial charge in [-0.1, -0.05) is 115 Å². The third-order valence-corrected chi connectivity index (χ3v) is 10.4. The number of hydrogen-bond acceptors (Lipinski definition) is 7. The first-order chi connectivity index (χ1) is 27.8. The van der Waals surface area contributed by atoms with Crippen LogP contribution in [0.15, 0.2) is 158 Å². The summed E-state index contributed by atoms with van der Waals surface area (Å²) in [5.41, 5.74) is 7.31. The Labute approximate surface area is 334 Å². The molecule has 0 spiro atoms. The van der Waals surface area contributed by atoms with E-state index in [0.29, 0.717) is 30.9 Å². The summed E-state index contributed by atoms with van der Waals surface area (Å²) in [6.45, 7) is 2.97. The molecule has 1 aliphatic heterocycles. The van der Waals surface area contributed by atoms with Crippen LogP contribution in [0.1, 0.15) is 59.7 Å². The van der Waals surface area contributed by atoms with Gasteiger partial charge in [0.1, 0.15) is 11.5 Å². The summed E-state index contributed by atoms with van der Waals surface area (Å²) >= 11 is 0. The van der Waals surface area contributed by atoms with E-state index in [1.165, 1.54) is 0 Å². The summed E-state index contributed by atoms with van der Waals surface area (Å²) in [6.07, 6.45) is -1.00. The fourth-order valence-corrected chi connectivity index (χ4v) is 6.97. The molecule has 1 aliphatic rings. The summed E-state index contributed by atoms with van der Waals surface area (Å²) in [6, 6.07) is 50.2.